The van der Waals surface area contributed by atoms with E-state index in [-0.39, 0.29) is 0 Å². The van der Waals surface area contributed by atoms with Crippen molar-refractivity contribution in [2.24, 2.45) is 0 Å². The number of rotatable bonds is 5. The molecule has 0 aromatic heterocycles. The molecule has 0 amide bonds. The zero-order chi connectivity index (χ0) is 10.4. The Morgan fingerprint density at radius 2 is 1.79 bits per heavy atom. The van der Waals surface area contributed by atoms with Crippen molar-refractivity contribution >= 4 is 0 Å². The average Bonchev–Trinajstić information content (AvgIpc) is 2.26. The van der Waals surface area contributed by atoms with Gasteiger partial charge in [0, 0.05) is 6.04 Å². The lowest BCUT2D eigenvalue weighted by atomic mass is 10.0. The maximum atomic E-state index is 2.66. The second-order valence-corrected chi connectivity index (χ2v) is 4.29. The minimum atomic E-state index is 0.864. The summed E-state index contributed by atoms with van der Waals surface area (Å²) >= 11 is 0. The van der Waals surface area contributed by atoms with Gasteiger partial charge in [-0.1, -0.05) is 20.8 Å². The number of piperidine rings is 1. The molecule has 84 valence electrons. The van der Waals surface area contributed by atoms with Gasteiger partial charge in [0.2, 0.25) is 0 Å². The zero-order valence-corrected chi connectivity index (χ0v) is 10.1. The quantitative estimate of drug-likeness (QED) is 0.668. The second kappa shape index (κ2) is 6.41. The van der Waals surface area contributed by atoms with Gasteiger partial charge in [-0.25, -0.2) is 0 Å². The smallest absolute Gasteiger partial charge is 0.0119 e. The van der Waals surface area contributed by atoms with Crippen LogP contribution in [0.1, 0.15) is 40.0 Å². The SMILES string of the molecule is CCCN(CC)C1CCN(CC)CC1. The second-order valence-electron chi connectivity index (χ2n) is 4.29. The van der Waals surface area contributed by atoms with Crippen LogP contribution in [-0.2, 0) is 0 Å². The topological polar surface area (TPSA) is 6.48 Å². The van der Waals surface area contributed by atoms with Gasteiger partial charge in [-0.3, -0.25) is 0 Å². The minimum Gasteiger partial charge on any atom is -0.303 e. The van der Waals surface area contributed by atoms with Gasteiger partial charge in [0.05, 0.1) is 0 Å². The van der Waals surface area contributed by atoms with Gasteiger partial charge in [-0.05, 0) is 52.0 Å². The van der Waals surface area contributed by atoms with Crippen molar-refractivity contribution < 1.29 is 0 Å². The Morgan fingerprint density at radius 1 is 1.14 bits per heavy atom. The Balaban J connectivity index is 2.31. The first-order valence-electron chi connectivity index (χ1n) is 6.28. The first kappa shape index (κ1) is 12.0. The summed E-state index contributed by atoms with van der Waals surface area (Å²) in [4.78, 5) is 5.23. The van der Waals surface area contributed by atoms with Crippen LogP contribution in [0.2, 0.25) is 0 Å². The van der Waals surface area contributed by atoms with E-state index in [4.69, 9.17) is 0 Å². The Kier molecular flexibility index (Phi) is 5.49. The highest BCUT2D eigenvalue weighted by Crippen LogP contribution is 2.16. The Morgan fingerprint density at radius 3 is 2.21 bits per heavy atom. The van der Waals surface area contributed by atoms with Gasteiger partial charge in [-0.2, -0.15) is 0 Å². The molecule has 14 heavy (non-hydrogen) atoms. The lowest BCUT2D eigenvalue weighted by Crippen LogP contribution is -2.45. The predicted octanol–water partition coefficient (Wildman–Crippen LogP) is 2.20. The first-order valence-corrected chi connectivity index (χ1v) is 6.28. The summed E-state index contributed by atoms with van der Waals surface area (Å²) in [5.74, 6) is 0. The van der Waals surface area contributed by atoms with Crippen molar-refractivity contribution in [1.29, 1.82) is 0 Å². The predicted molar refractivity (Wildman–Crippen MR) is 62.7 cm³/mol. The van der Waals surface area contributed by atoms with Gasteiger partial charge < -0.3 is 9.80 Å². The number of likely N-dealkylation sites (tertiary alicyclic amines) is 1. The highest BCUT2D eigenvalue weighted by molar-refractivity contribution is 4.78. The summed E-state index contributed by atoms with van der Waals surface area (Å²) in [6, 6.07) is 0.864. The van der Waals surface area contributed by atoms with Crippen molar-refractivity contribution in [3.8, 4) is 0 Å². The number of hydrogen-bond donors (Lipinski definition) is 0. The molecule has 0 radical (unpaired) electrons. The van der Waals surface area contributed by atoms with Crippen LogP contribution < -0.4 is 0 Å². The fourth-order valence-electron chi connectivity index (χ4n) is 2.49. The van der Waals surface area contributed by atoms with Crippen LogP contribution in [-0.4, -0.2) is 48.6 Å². The third-order valence-corrected chi connectivity index (χ3v) is 3.44. The molecule has 0 aromatic rings. The lowest BCUT2D eigenvalue weighted by Gasteiger charge is -2.37. The molecule has 0 saturated carbocycles. The van der Waals surface area contributed by atoms with Crippen LogP contribution in [0.3, 0.4) is 0 Å². The summed E-state index contributed by atoms with van der Waals surface area (Å²) in [7, 11) is 0. The molecule has 2 heteroatoms. The largest absolute Gasteiger partial charge is 0.303 e. The molecule has 1 heterocycles. The van der Waals surface area contributed by atoms with Crippen molar-refractivity contribution in [3.05, 3.63) is 0 Å². The zero-order valence-electron chi connectivity index (χ0n) is 10.1. The molecular weight excluding hydrogens is 172 g/mol. The van der Waals surface area contributed by atoms with Crippen LogP contribution in [0.4, 0.5) is 0 Å². The summed E-state index contributed by atoms with van der Waals surface area (Å²) in [5, 5.41) is 0. The number of nitrogens with zero attached hydrogens (tertiary/aromatic N) is 2. The van der Waals surface area contributed by atoms with Crippen molar-refractivity contribution in [1.82, 2.24) is 9.80 Å². The van der Waals surface area contributed by atoms with E-state index in [1.165, 1.54) is 52.0 Å². The fraction of sp³-hybridized carbons (Fsp3) is 1.00. The molecule has 0 atom stereocenters. The Hall–Kier alpha value is -0.0800. The van der Waals surface area contributed by atoms with E-state index in [0.29, 0.717) is 0 Å². The van der Waals surface area contributed by atoms with Crippen LogP contribution in [0.25, 0.3) is 0 Å². The van der Waals surface area contributed by atoms with Gasteiger partial charge in [0.25, 0.3) is 0 Å². The summed E-state index contributed by atoms with van der Waals surface area (Å²) in [6.07, 6.45) is 4.05. The molecular formula is C12H26N2. The molecule has 1 aliphatic heterocycles. The van der Waals surface area contributed by atoms with E-state index in [9.17, 15) is 0 Å². The molecule has 2 nitrogen and oxygen atoms in total. The third-order valence-electron chi connectivity index (χ3n) is 3.44. The van der Waals surface area contributed by atoms with Crippen LogP contribution in [0, 0.1) is 0 Å². The third kappa shape index (κ3) is 3.25. The molecule has 1 fully saturated rings. The molecule has 0 aromatic carbocycles. The van der Waals surface area contributed by atoms with Gasteiger partial charge in [-0.15, -0.1) is 0 Å². The van der Waals surface area contributed by atoms with E-state index in [1.54, 1.807) is 0 Å². The maximum Gasteiger partial charge on any atom is 0.0119 e. The van der Waals surface area contributed by atoms with E-state index < -0.39 is 0 Å². The first-order chi connectivity index (χ1) is 6.81. The van der Waals surface area contributed by atoms with Gasteiger partial charge in [0.15, 0.2) is 0 Å². The van der Waals surface area contributed by atoms with Crippen LogP contribution >= 0.6 is 0 Å². The number of hydrogen-bond acceptors (Lipinski definition) is 2. The molecule has 1 aliphatic rings. The standard InChI is InChI=1S/C12H26N2/c1-4-9-14(6-3)12-7-10-13(5-2)11-8-12/h12H,4-11H2,1-3H3. The molecule has 0 spiro atoms. The fourth-order valence-corrected chi connectivity index (χ4v) is 2.49. The van der Waals surface area contributed by atoms with Gasteiger partial charge in [0.1, 0.15) is 0 Å². The monoisotopic (exact) mass is 198 g/mol. The molecule has 1 saturated heterocycles. The summed E-state index contributed by atoms with van der Waals surface area (Å²) < 4.78 is 0. The Labute approximate surface area is 89.3 Å². The highest BCUT2D eigenvalue weighted by atomic mass is 15.2. The van der Waals surface area contributed by atoms with Crippen molar-refractivity contribution in [2.75, 3.05) is 32.7 Å². The van der Waals surface area contributed by atoms with Crippen LogP contribution in [0.5, 0.6) is 0 Å². The van der Waals surface area contributed by atoms with E-state index in [0.717, 1.165) is 6.04 Å². The Bertz CT molecular complexity index is 139. The van der Waals surface area contributed by atoms with Crippen molar-refractivity contribution in [3.63, 3.8) is 0 Å². The normalized spacial score (nSPS) is 20.6. The molecule has 0 aliphatic carbocycles. The van der Waals surface area contributed by atoms with Crippen LogP contribution in [0.15, 0.2) is 0 Å². The lowest BCUT2D eigenvalue weighted by molar-refractivity contribution is 0.115. The van der Waals surface area contributed by atoms with E-state index in [1.807, 2.05) is 0 Å². The van der Waals surface area contributed by atoms with E-state index >= 15 is 0 Å². The molecule has 0 unspecified atom stereocenters. The minimum absolute atomic E-state index is 0.864. The molecule has 0 N–H and O–H groups in total. The average molecular weight is 198 g/mol. The van der Waals surface area contributed by atoms with Crippen molar-refractivity contribution in [2.45, 2.75) is 46.1 Å². The van der Waals surface area contributed by atoms with E-state index in [2.05, 4.69) is 30.6 Å². The molecule has 0 bridgehead atoms. The molecule has 1 rings (SSSR count). The summed E-state index contributed by atoms with van der Waals surface area (Å²) in [6.45, 7) is 13.2. The highest BCUT2D eigenvalue weighted by Gasteiger charge is 2.21. The maximum absolute atomic E-state index is 2.66. The van der Waals surface area contributed by atoms with Gasteiger partial charge >= 0.3 is 0 Å². The summed E-state index contributed by atoms with van der Waals surface area (Å²) in [5.41, 5.74) is 0.